The average molecular weight is 546 g/mol. The third-order valence-corrected chi connectivity index (χ3v) is 5.06. The van der Waals surface area contributed by atoms with E-state index in [4.69, 9.17) is 0 Å². The van der Waals surface area contributed by atoms with Gasteiger partial charge in [0, 0.05) is 23.3 Å². The molecule has 4 aromatic rings. The third kappa shape index (κ3) is 6.19. The van der Waals surface area contributed by atoms with E-state index in [1.807, 2.05) is 0 Å². The van der Waals surface area contributed by atoms with E-state index in [1.165, 1.54) is 30.3 Å². The molecule has 0 aliphatic carbocycles. The molecule has 0 aliphatic heterocycles. The molecule has 0 saturated heterocycles. The minimum Gasteiger partial charge on any atom is -0.429 e. The Kier molecular flexibility index (Phi) is 7.59. The summed E-state index contributed by atoms with van der Waals surface area (Å²) in [6.45, 7) is 0. The van der Waals surface area contributed by atoms with Crippen LogP contribution in [0.25, 0.3) is 0 Å². The predicted octanol–water partition coefficient (Wildman–Crippen LogP) is 7.59. The van der Waals surface area contributed by atoms with Gasteiger partial charge >= 0.3 is 6.11 Å². The molecule has 0 radical (unpaired) electrons. The van der Waals surface area contributed by atoms with Crippen LogP contribution in [0.5, 0.6) is 5.75 Å². The van der Waals surface area contributed by atoms with Crippen LogP contribution in [0.1, 0.15) is 27.8 Å². The Hall–Kier alpha value is -4.83. The summed E-state index contributed by atoms with van der Waals surface area (Å²) in [4.78, 5) is 0. The maximum Gasteiger partial charge on any atom is 0.432 e. The Labute approximate surface area is 215 Å². The van der Waals surface area contributed by atoms with Crippen LogP contribution in [0.4, 0.5) is 39.5 Å². The lowest BCUT2D eigenvalue weighted by Gasteiger charge is -2.19. The van der Waals surface area contributed by atoms with E-state index in [-0.39, 0.29) is 28.8 Å². The maximum absolute atomic E-state index is 14.5. The number of hydrogen-bond donors (Lipinski definition) is 0. The first-order chi connectivity index (χ1) is 18.4. The normalized spacial score (nSPS) is 10.8. The fourth-order valence-electron chi connectivity index (χ4n) is 3.25. The Bertz CT molecular complexity index is 1660. The molecule has 4 rings (SSSR count). The van der Waals surface area contributed by atoms with E-state index >= 15 is 0 Å². The maximum atomic E-state index is 14.5. The predicted molar refractivity (Wildman–Crippen MR) is 122 cm³/mol. The fraction of sp³-hybridized carbons (Fsp3) is 0.0345. The van der Waals surface area contributed by atoms with Crippen LogP contribution < -0.4 is 4.74 Å². The lowest BCUT2D eigenvalue weighted by molar-refractivity contribution is -0.189. The molecule has 196 valence electrons. The van der Waals surface area contributed by atoms with Gasteiger partial charge in [0.2, 0.25) is 0 Å². The van der Waals surface area contributed by atoms with Gasteiger partial charge in [0.1, 0.15) is 34.6 Å². The van der Waals surface area contributed by atoms with Crippen molar-refractivity contribution in [2.45, 2.75) is 6.11 Å². The standard InChI is InChI=1S/C29H11F9O/c30-21-4-2-1-3-18(21)8-5-16-6-9-19(22(31)11-16)10-7-17-12-23(32)27(24(33)13-17)29(37,38)39-20-14-25(34)28(36)26(35)15-20/h1-4,6,9,11-15H. The topological polar surface area (TPSA) is 9.23 Å². The van der Waals surface area contributed by atoms with Crippen molar-refractivity contribution >= 4 is 0 Å². The quantitative estimate of drug-likeness (QED) is 0.146. The molecule has 1 nitrogen and oxygen atoms in total. The van der Waals surface area contributed by atoms with Gasteiger partial charge < -0.3 is 4.74 Å². The molecule has 0 heterocycles. The van der Waals surface area contributed by atoms with E-state index in [9.17, 15) is 39.5 Å². The zero-order chi connectivity index (χ0) is 28.3. The van der Waals surface area contributed by atoms with E-state index < -0.39 is 63.7 Å². The molecule has 4 aromatic carbocycles. The first-order valence-corrected chi connectivity index (χ1v) is 10.7. The van der Waals surface area contributed by atoms with E-state index in [0.29, 0.717) is 12.1 Å². The minimum atomic E-state index is -4.76. The second-order valence-corrected chi connectivity index (χ2v) is 7.81. The first-order valence-electron chi connectivity index (χ1n) is 10.7. The highest BCUT2D eigenvalue weighted by Crippen LogP contribution is 2.36. The summed E-state index contributed by atoms with van der Waals surface area (Å²) in [5.74, 6) is -2.29. The average Bonchev–Trinajstić information content (AvgIpc) is 2.85. The summed E-state index contributed by atoms with van der Waals surface area (Å²) in [7, 11) is 0. The van der Waals surface area contributed by atoms with Gasteiger partial charge in [-0.15, -0.1) is 0 Å². The van der Waals surface area contributed by atoms with Crippen molar-refractivity contribution in [1.82, 2.24) is 0 Å². The highest BCUT2D eigenvalue weighted by molar-refractivity contribution is 5.49. The molecule has 39 heavy (non-hydrogen) atoms. The summed E-state index contributed by atoms with van der Waals surface area (Å²) < 4.78 is 129. The monoisotopic (exact) mass is 546 g/mol. The molecular weight excluding hydrogens is 535 g/mol. The number of halogens is 9. The molecule has 0 fully saturated rings. The lowest BCUT2D eigenvalue weighted by atomic mass is 10.1. The molecule has 10 heteroatoms. The van der Waals surface area contributed by atoms with Crippen molar-refractivity contribution in [1.29, 1.82) is 0 Å². The number of rotatable bonds is 3. The number of benzene rings is 4. The van der Waals surface area contributed by atoms with Gasteiger partial charge in [-0.1, -0.05) is 35.8 Å². The van der Waals surface area contributed by atoms with Gasteiger partial charge in [0.25, 0.3) is 0 Å². The summed E-state index contributed by atoms with van der Waals surface area (Å²) >= 11 is 0. The zero-order valence-corrected chi connectivity index (χ0v) is 19.2. The van der Waals surface area contributed by atoms with Gasteiger partial charge in [-0.05, 0) is 42.5 Å². The van der Waals surface area contributed by atoms with Crippen LogP contribution in [0.15, 0.2) is 66.7 Å². The Morgan fingerprint density at radius 2 is 1.05 bits per heavy atom. The van der Waals surface area contributed by atoms with Crippen LogP contribution in [0, 0.1) is 64.4 Å². The van der Waals surface area contributed by atoms with E-state index in [2.05, 4.69) is 28.4 Å². The highest BCUT2D eigenvalue weighted by Gasteiger charge is 2.41. The Morgan fingerprint density at radius 3 is 1.64 bits per heavy atom. The molecular formula is C29H11F9O. The number of alkyl halides is 2. The highest BCUT2D eigenvalue weighted by atomic mass is 19.3. The summed E-state index contributed by atoms with van der Waals surface area (Å²) in [5, 5.41) is 0. The van der Waals surface area contributed by atoms with Gasteiger partial charge in [-0.3, -0.25) is 0 Å². The molecule has 0 saturated carbocycles. The van der Waals surface area contributed by atoms with Crippen molar-refractivity contribution < 1.29 is 44.3 Å². The first kappa shape index (κ1) is 27.2. The molecule has 0 aliphatic rings. The molecule has 0 unspecified atom stereocenters. The van der Waals surface area contributed by atoms with Crippen molar-refractivity contribution in [3.8, 4) is 29.4 Å². The number of hydrogen-bond acceptors (Lipinski definition) is 1. The van der Waals surface area contributed by atoms with Crippen LogP contribution in [0.3, 0.4) is 0 Å². The van der Waals surface area contributed by atoms with Gasteiger partial charge in [-0.25, -0.2) is 30.7 Å². The van der Waals surface area contributed by atoms with Crippen LogP contribution in [-0.4, -0.2) is 0 Å². The molecule has 0 spiro atoms. The van der Waals surface area contributed by atoms with Crippen LogP contribution >= 0.6 is 0 Å². The zero-order valence-electron chi connectivity index (χ0n) is 19.2. The van der Waals surface area contributed by atoms with Crippen LogP contribution in [0.2, 0.25) is 0 Å². The van der Waals surface area contributed by atoms with Gasteiger partial charge in [-0.2, -0.15) is 8.78 Å². The lowest BCUT2D eigenvalue weighted by Crippen LogP contribution is -2.25. The van der Waals surface area contributed by atoms with E-state index in [1.54, 1.807) is 6.07 Å². The smallest absolute Gasteiger partial charge is 0.429 e. The Balaban J connectivity index is 1.57. The van der Waals surface area contributed by atoms with Gasteiger partial charge in [0.05, 0.1) is 11.1 Å². The Morgan fingerprint density at radius 1 is 0.513 bits per heavy atom. The second-order valence-electron chi connectivity index (χ2n) is 7.81. The second kappa shape index (κ2) is 10.9. The van der Waals surface area contributed by atoms with Crippen molar-refractivity contribution in [2.24, 2.45) is 0 Å². The summed E-state index contributed by atoms with van der Waals surface area (Å²) in [6.07, 6.45) is -4.76. The molecule has 0 aromatic heterocycles. The van der Waals surface area contributed by atoms with Gasteiger partial charge in [0.15, 0.2) is 17.5 Å². The number of ether oxygens (including phenoxy) is 1. The minimum absolute atomic E-state index is 0.0767. The van der Waals surface area contributed by atoms with E-state index in [0.717, 1.165) is 6.07 Å². The summed E-state index contributed by atoms with van der Waals surface area (Å²) in [6, 6.07) is 10.3. The molecule has 0 N–H and O–H groups in total. The van der Waals surface area contributed by atoms with Crippen molar-refractivity contribution in [3.05, 3.63) is 135 Å². The molecule has 0 atom stereocenters. The van der Waals surface area contributed by atoms with Crippen molar-refractivity contribution in [2.75, 3.05) is 0 Å². The van der Waals surface area contributed by atoms with Crippen molar-refractivity contribution in [3.63, 3.8) is 0 Å². The van der Waals surface area contributed by atoms with Crippen LogP contribution in [-0.2, 0) is 6.11 Å². The molecule has 0 amide bonds. The SMILES string of the molecule is Fc1ccccc1C#Cc1ccc(C#Cc2cc(F)c(C(F)(F)Oc3cc(F)c(F)c(F)c3)c(F)c2)c(F)c1. The summed E-state index contributed by atoms with van der Waals surface area (Å²) in [5.41, 5.74) is -2.29. The fourth-order valence-corrected chi connectivity index (χ4v) is 3.25. The molecule has 0 bridgehead atoms. The largest absolute Gasteiger partial charge is 0.432 e. The third-order valence-electron chi connectivity index (χ3n) is 5.06.